The third-order valence-corrected chi connectivity index (χ3v) is 6.20. The molecule has 2 atom stereocenters. The smallest absolute Gasteiger partial charge is 0.274 e. The molecular weight excluding hydrogens is 380 g/mol. The van der Waals surface area contributed by atoms with Crippen molar-refractivity contribution in [2.24, 2.45) is 11.8 Å². The molecule has 0 aromatic heterocycles. The number of imide groups is 1. The minimum Gasteiger partial charge on any atom is -0.274 e. The molecule has 6 nitrogen and oxygen atoms in total. The number of hydrogen-bond donors (Lipinski definition) is 0. The molecule has 3 rings (SSSR count). The van der Waals surface area contributed by atoms with Crippen LogP contribution in [0.25, 0.3) is 10.8 Å². The average Bonchev–Trinajstić information content (AvgIpc) is 3.01. The molecule has 0 aliphatic carbocycles. The van der Waals surface area contributed by atoms with E-state index in [-0.39, 0.29) is 29.8 Å². The van der Waals surface area contributed by atoms with Crippen molar-refractivity contribution < 1.29 is 14.5 Å². The minimum absolute atomic E-state index is 0.0284. The Morgan fingerprint density at radius 2 is 1.80 bits per heavy atom. The second-order valence-electron chi connectivity index (χ2n) is 8.22. The van der Waals surface area contributed by atoms with E-state index in [9.17, 15) is 19.7 Å². The van der Waals surface area contributed by atoms with Gasteiger partial charge >= 0.3 is 0 Å². The highest BCUT2D eigenvalue weighted by Crippen LogP contribution is 2.41. The summed E-state index contributed by atoms with van der Waals surface area (Å²) in [6.07, 6.45) is 3.06. The van der Waals surface area contributed by atoms with Crippen molar-refractivity contribution in [3.05, 3.63) is 57.7 Å². The zero-order chi connectivity index (χ0) is 22.0. The predicted octanol–water partition coefficient (Wildman–Crippen LogP) is 5.79. The fraction of sp³-hybridized carbons (Fsp3) is 0.417. The van der Waals surface area contributed by atoms with Crippen LogP contribution in [0.1, 0.15) is 53.4 Å². The number of hydrogen-bond acceptors (Lipinski definition) is 4. The van der Waals surface area contributed by atoms with Gasteiger partial charge in [0.2, 0.25) is 11.8 Å². The molecule has 158 valence electrons. The number of carbonyl (C=O) groups is 2. The van der Waals surface area contributed by atoms with E-state index in [1.165, 1.54) is 28.2 Å². The SMILES string of the molecule is CCCCC(C(C)=C(C)C)[C@H]1CC(=O)N(c2ccc([N+](=O)[O-])c3ccccc23)C1=O. The van der Waals surface area contributed by atoms with Gasteiger partial charge in [-0.2, -0.15) is 0 Å². The topological polar surface area (TPSA) is 80.5 Å². The zero-order valence-electron chi connectivity index (χ0n) is 18.0. The molecule has 1 fully saturated rings. The van der Waals surface area contributed by atoms with E-state index >= 15 is 0 Å². The molecule has 1 saturated heterocycles. The summed E-state index contributed by atoms with van der Waals surface area (Å²) in [4.78, 5) is 38.7. The minimum atomic E-state index is -0.443. The number of fused-ring (bicyclic) bond motifs is 1. The average molecular weight is 408 g/mol. The normalized spacial score (nSPS) is 17.5. The Morgan fingerprint density at radius 1 is 1.13 bits per heavy atom. The lowest BCUT2D eigenvalue weighted by molar-refractivity contribution is -0.383. The summed E-state index contributed by atoms with van der Waals surface area (Å²) in [5, 5.41) is 12.4. The number of rotatable bonds is 7. The van der Waals surface area contributed by atoms with Crippen LogP contribution in [-0.4, -0.2) is 16.7 Å². The Balaban J connectivity index is 2.06. The molecule has 1 heterocycles. The third kappa shape index (κ3) is 3.86. The van der Waals surface area contributed by atoms with Gasteiger partial charge in [-0.3, -0.25) is 19.7 Å². The Hall–Kier alpha value is -3.02. The number of nitrogens with zero attached hydrogens (tertiary/aromatic N) is 2. The van der Waals surface area contributed by atoms with Crippen molar-refractivity contribution in [1.29, 1.82) is 0 Å². The van der Waals surface area contributed by atoms with Gasteiger partial charge in [0, 0.05) is 17.9 Å². The lowest BCUT2D eigenvalue weighted by Crippen LogP contribution is -2.32. The van der Waals surface area contributed by atoms with Crippen molar-refractivity contribution in [3.63, 3.8) is 0 Å². The molecule has 0 radical (unpaired) electrons. The highest BCUT2D eigenvalue weighted by molar-refractivity contribution is 6.24. The number of nitro benzene ring substituents is 1. The molecule has 1 aliphatic heterocycles. The van der Waals surface area contributed by atoms with Gasteiger partial charge in [0.05, 0.1) is 21.9 Å². The van der Waals surface area contributed by atoms with Crippen LogP contribution in [0.3, 0.4) is 0 Å². The van der Waals surface area contributed by atoms with Crippen LogP contribution in [0.2, 0.25) is 0 Å². The van der Waals surface area contributed by atoms with Crippen LogP contribution >= 0.6 is 0 Å². The van der Waals surface area contributed by atoms with E-state index in [1.807, 2.05) is 13.8 Å². The monoisotopic (exact) mass is 408 g/mol. The van der Waals surface area contributed by atoms with Gasteiger partial charge in [-0.1, -0.05) is 49.1 Å². The Morgan fingerprint density at radius 3 is 2.40 bits per heavy atom. The molecule has 0 spiro atoms. The maximum absolute atomic E-state index is 13.5. The lowest BCUT2D eigenvalue weighted by Gasteiger charge is -2.25. The second-order valence-corrected chi connectivity index (χ2v) is 8.22. The zero-order valence-corrected chi connectivity index (χ0v) is 18.0. The van der Waals surface area contributed by atoms with Gasteiger partial charge in [-0.15, -0.1) is 0 Å². The van der Waals surface area contributed by atoms with Crippen LogP contribution in [0.4, 0.5) is 11.4 Å². The van der Waals surface area contributed by atoms with Crippen LogP contribution in [0.5, 0.6) is 0 Å². The maximum Gasteiger partial charge on any atom is 0.277 e. The molecule has 2 amide bonds. The Labute approximate surface area is 176 Å². The first-order chi connectivity index (χ1) is 14.3. The van der Waals surface area contributed by atoms with E-state index in [4.69, 9.17) is 0 Å². The Bertz CT molecular complexity index is 1040. The molecule has 1 unspecified atom stereocenters. The van der Waals surface area contributed by atoms with Crippen molar-refractivity contribution in [1.82, 2.24) is 0 Å². The largest absolute Gasteiger partial charge is 0.277 e. The summed E-state index contributed by atoms with van der Waals surface area (Å²) in [7, 11) is 0. The van der Waals surface area contributed by atoms with Gasteiger partial charge in [0.1, 0.15) is 0 Å². The number of amides is 2. The molecule has 0 N–H and O–H groups in total. The number of benzene rings is 2. The van der Waals surface area contributed by atoms with Gasteiger partial charge in [0.15, 0.2) is 0 Å². The number of unbranched alkanes of at least 4 members (excludes halogenated alkanes) is 1. The van der Waals surface area contributed by atoms with Crippen LogP contribution in [0.15, 0.2) is 47.5 Å². The summed E-state index contributed by atoms with van der Waals surface area (Å²) >= 11 is 0. The second kappa shape index (κ2) is 8.78. The fourth-order valence-electron chi connectivity index (χ4n) is 4.36. The number of allylic oxidation sites excluding steroid dienone is 2. The highest BCUT2D eigenvalue weighted by Gasteiger charge is 2.44. The van der Waals surface area contributed by atoms with Crippen LogP contribution < -0.4 is 4.90 Å². The molecule has 1 aliphatic rings. The van der Waals surface area contributed by atoms with Crippen molar-refractivity contribution in [2.45, 2.75) is 53.4 Å². The van der Waals surface area contributed by atoms with Crippen molar-refractivity contribution in [2.75, 3.05) is 4.90 Å². The van der Waals surface area contributed by atoms with Crippen LogP contribution in [-0.2, 0) is 9.59 Å². The summed E-state index contributed by atoms with van der Waals surface area (Å²) < 4.78 is 0. The molecule has 0 saturated carbocycles. The third-order valence-electron chi connectivity index (χ3n) is 6.20. The van der Waals surface area contributed by atoms with Gasteiger partial charge < -0.3 is 0 Å². The van der Waals surface area contributed by atoms with E-state index in [0.717, 1.165) is 19.3 Å². The summed E-state index contributed by atoms with van der Waals surface area (Å²) in [5.74, 6) is -0.818. The van der Waals surface area contributed by atoms with Gasteiger partial charge in [-0.05, 0) is 45.2 Å². The molecule has 2 aromatic carbocycles. The highest BCUT2D eigenvalue weighted by atomic mass is 16.6. The standard InChI is InChI=1S/C24H28N2O4/c1-5-6-9-17(16(4)15(2)3)20-14-23(27)25(24(20)28)21-12-13-22(26(29)30)19-11-8-7-10-18(19)21/h7-8,10-13,17,20H,5-6,9,14H2,1-4H3/t17?,20-/m1/s1. The quantitative estimate of drug-likeness (QED) is 0.251. The van der Waals surface area contributed by atoms with E-state index in [2.05, 4.69) is 13.8 Å². The maximum atomic E-state index is 13.5. The fourth-order valence-corrected chi connectivity index (χ4v) is 4.36. The van der Waals surface area contributed by atoms with Crippen molar-refractivity contribution in [3.8, 4) is 0 Å². The van der Waals surface area contributed by atoms with E-state index < -0.39 is 10.8 Å². The van der Waals surface area contributed by atoms with Gasteiger partial charge in [-0.25, -0.2) is 4.90 Å². The molecule has 6 heteroatoms. The number of carbonyl (C=O) groups excluding carboxylic acids is 2. The first-order valence-corrected chi connectivity index (χ1v) is 10.4. The molecule has 30 heavy (non-hydrogen) atoms. The van der Waals surface area contributed by atoms with Crippen molar-refractivity contribution >= 4 is 34.0 Å². The van der Waals surface area contributed by atoms with E-state index in [1.54, 1.807) is 24.3 Å². The van der Waals surface area contributed by atoms with Crippen LogP contribution in [0, 0.1) is 22.0 Å². The molecule has 2 aromatic rings. The summed E-state index contributed by atoms with van der Waals surface area (Å²) in [6, 6.07) is 9.75. The number of non-ortho nitro benzene ring substituents is 1. The molecular formula is C24H28N2O4. The first kappa shape index (κ1) is 21.7. The van der Waals surface area contributed by atoms with E-state index in [0.29, 0.717) is 16.5 Å². The summed E-state index contributed by atoms with van der Waals surface area (Å²) in [6.45, 7) is 8.25. The number of nitro groups is 1. The summed E-state index contributed by atoms with van der Waals surface area (Å²) in [5.41, 5.74) is 2.74. The first-order valence-electron chi connectivity index (χ1n) is 10.4. The predicted molar refractivity (Wildman–Crippen MR) is 118 cm³/mol. The molecule has 0 bridgehead atoms. The Kier molecular flexibility index (Phi) is 6.34. The lowest BCUT2D eigenvalue weighted by atomic mass is 9.80. The number of anilines is 1. The van der Waals surface area contributed by atoms with Gasteiger partial charge in [0.25, 0.3) is 5.69 Å².